The van der Waals surface area contributed by atoms with Crippen LogP contribution < -0.4 is 5.56 Å². The molecule has 0 bridgehead atoms. The summed E-state index contributed by atoms with van der Waals surface area (Å²) in [6.07, 6.45) is 0. The van der Waals surface area contributed by atoms with E-state index < -0.39 is 15.4 Å². The zero-order valence-electron chi connectivity index (χ0n) is 11.9. The maximum atomic E-state index is 12.8. The van der Waals surface area contributed by atoms with E-state index in [0.717, 1.165) is 4.52 Å². The molecule has 1 N–H and O–H groups in total. The largest absolute Gasteiger partial charge is 0.293 e. The molecule has 0 amide bonds. The number of H-pyrrole nitrogens is 1. The average Bonchev–Trinajstić information content (AvgIpc) is 2.83. The van der Waals surface area contributed by atoms with Crippen LogP contribution in [0.4, 0.5) is 0 Å². The van der Waals surface area contributed by atoms with E-state index in [1.807, 2.05) is 0 Å². The van der Waals surface area contributed by atoms with E-state index in [2.05, 4.69) is 22.7 Å². The molecule has 0 aliphatic heterocycles. The number of aryl methyl sites for hydroxylation is 2. The summed E-state index contributed by atoms with van der Waals surface area (Å²) in [5.41, 5.74) is 0.397. The maximum absolute atomic E-state index is 12.8. The van der Waals surface area contributed by atoms with Crippen molar-refractivity contribution < 1.29 is 8.42 Å². The zero-order valence-corrected chi connectivity index (χ0v) is 13.6. The van der Waals surface area contributed by atoms with Crippen LogP contribution in [-0.2, 0) is 9.84 Å². The van der Waals surface area contributed by atoms with Crippen LogP contribution in [0.5, 0.6) is 0 Å². The molecule has 1 aromatic carbocycles. The monoisotopic (exact) mass is 335 g/mol. The standard InChI is InChI=1S/C14H13N3O3S2/c1-8-11(21)14(18)17-13(15-8)12(9(2)16-17)22(19,20)10-6-4-3-5-7-10/h3-7,16,21H,1-2H3. The lowest BCUT2D eigenvalue weighted by atomic mass is 10.4. The Bertz CT molecular complexity index is 1030. The number of nitrogens with one attached hydrogen (secondary N) is 1. The van der Waals surface area contributed by atoms with Gasteiger partial charge in [-0.1, -0.05) is 18.2 Å². The van der Waals surface area contributed by atoms with Gasteiger partial charge in [0.1, 0.15) is 4.90 Å². The van der Waals surface area contributed by atoms with E-state index in [-0.39, 0.29) is 20.3 Å². The van der Waals surface area contributed by atoms with Gasteiger partial charge in [-0.3, -0.25) is 9.89 Å². The third kappa shape index (κ3) is 2.06. The molecule has 22 heavy (non-hydrogen) atoms. The highest BCUT2D eigenvalue weighted by molar-refractivity contribution is 7.91. The fourth-order valence-corrected chi connectivity index (χ4v) is 4.03. The lowest BCUT2D eigenvalue weighted by Gasteiger charge is -2.04. The fraction of sp³-hybridized carbons (Fsp3) is 0.143. The summed E-state index contributed by atoms with van der Waals surface area (Å²) >= 11 is 4.11. The SMILES string of the molecule is Cc1nc2c(S(=O)(=O)c3ccccc3)c(C)[nH]n2c(=O)c1S. The van der Waals surface area contributed by atoms with Crippen molar-refractivity contribution in [3.05, 3.63) is 52.1 Å². The van der Waals surface area contributed by atoms with Crippen LogP contribution in [0.3, 0.4) is 0 Å². The normalized spacial score (nSPS) is 12.0. The molecule has 0 saturated carbocycles. The van der Waals surface area contributed by atoms with Crippen molar-refractivity contribution in [1.82, 2.24) is 14.6 Å². The van der Waals surface area contributed by atoms with Crippen LogP contribution >= 0.6 is 12.6 Å². The number of aromatic amines is 1. The molecular formula is C14H13N3O3S2. The van der Waals surface area contributed by atoms with Crippen molar-refractivity contribution in [2.24, 2.45) is 0 Å². The number of rotatable bonds is 2. The minimum absolute atomic E-state index is 0.00670. The number of hydrogen-bond donors (Lipinski definition) is 2. The van der Waals surface area contributed by atoms with Gasteiger partial charge in [0.05, 0.1) is 21.2 Å². The van der Waals surface area contributed by atoms with Crippen LogP contribution in [0.15, 0.2) is 49.8 Å². The van der Waals surface area contributed by atoms with E-state index in [9.17, 15) is 13.2 Å². The van der Waals surface area contributed by atoms with Crippen LogP contribution in [0.2, 0.25) is 0 Å². The fourth-order valence-electron chi connectivity index (χ4n) is 2.30. The highest BCUT2D eigenvalue weighted by Gasteiger charge is 2.27. The lowest BCUT2D eigenvalue weighted by molar-refractivity contribution is 0.596. The number of benzene rings is 1. The second-order valence-corrected chi connectivity index (χ2v) is 7.23. The van der Waals surface area contributed by atoms with Gasteiger partial charge in [0, 0.05) is 0 Å². The van der Waals surface area contributed by atoms with Crippen molar-refractivity contribution in [1.29, 1.82) is 0 Å². The van der Waals surface area contributed by atoms with E-state index in [0.29, 0.717) is 11.4 Å². The summed E-state index contributed by atoms with van der Waals surface area (Å²) in [4.78, 5) is 16.8. The molecule has 2 aromatic heterocycles. The Morgan fingerprint density at radius 1 is 1.18 bits per heavy atom. The van der Waals surface area contributed by atoms with Gasteiger partial charge in [-0.25, -0.2) is 13.4 Å². The quantitative estimate of drug-likeness (QED) is 0.699. The highest BCUT2D eigenvalue weighted by Crippen LogP contribution is 2.26. The second-order valence-electron chi connectivity index (χ2n) is 4.89. The number of nitrogens with zero attached hydrogens (tertiary/aromatic N) is 2. The Morgan fingerprint density at radius 3 is 2.45 bits per heavy atom. The predicted molar refractivity (Wildman–Crippen MR) is 84.4 cm³/mol. The molecule has 0 unspecified atom stereocenters. The summed E-state index contributed by atoms with van der Waals surface area (Å²) < 4.78 is 26.8. The van der Waals surface area contributed by atoms with Crippen LogP contribution in [0.25, 0.3) is 5.65 Å². The van der Waals surface area contributed by atoms with Crippen molar-refractivity contribution >= 4 is 28.1 Å². The third-order valence-corrected chi connectivity index (χ3v) is 5.81. The van der Waals surface area contributed by atoms with E-state index >= 15 is 0 Å². The molecule has 0 fully saturated rings. The molecule has 0 radical (unpaired) electrons. The Kier molecular flexibility index (Phi) is 3.37. The smallest absolute Gasteiger partial charge is 0.286 e. The minimum Gasteiger partial charge on any atom is -0.293 e. The van der Waals surface area contributed by atoms with Crippen molar-refractivity contribution in [3.8, 4) is 0 Å². The number of sulfone groups is 1. The highest BCUT2D eigenvalue weighted by atomic mass is 32.2. The molecular weight excluding hydrogens is 322 g/mol. The topological polar surface area (TPSA) is 84.3 Å². The van der Waals surface area contributed by atoms with Gasteiger partial charge >= 0.3 is 0 Å². The molecule has 2 heterocycles. The first kappa shape index (κ1) is 14.9. The first-order chi connectivity index (χ1) is 10.3. The van der Waals surface area contributed by atoms with E-state index in [1.165, 1.54) is 12.1 Å². The van der Waals surface area contributed by atoms with Gasteiger partial charge < -0.3 is 0 Å². The molecule has 0 aliphatic rings. The van der Waals surface area contributed by atoms with Crippen molar-refractivity contribution in [2.45, 2.75) is 28.5 Å². The molecule has 3 aromatic rings. The van der Waals surface area contributed by atoms with Gasteiger partial charge in [-0.2, -0.15) is 4.52 Å². The Morgan fingerprint density at radius 2 is 1.82 bits per heavy atom. The number of aromatic nitrogens is 3. The molecule has 0 atom stereocenters. The summed E-state index contributed by atoms with van der Waals surface area (Å²) in [5.74, 6) is 0. The minimum atomic E-state index is -3.78. The zero-order chi connectivity index (χ0) is 16.1. The van der Waals surface area contributed by atoms with Crippen LogP contribution in [0.1, 0.15) is 11.4 Å². The molecule has 0 aliphatic carbocycles. The Hall–Kier alpha value is -2.06. The summed E-state index contributed by atoms with van der Waals surface area (Å²) in [7, 11) is -3.78. The van der Waals surface area contributed by atoms with Gasteiger partial charge in [0.2, 0.25) is 9.84 Å². The molecule has 114 valence electrons. The van der Waals surface area contributed by atoms with Gasteiger partial charge in [0.25, 0.3) is 5.56 Å². The second kappa shape index (κ2) is 4.99. The van der Waals surface area contributed by atoms with Crippen molar-refractivity contribution in [3.63, 3.8) is 0 Å². The Labute approximate surface area is 132 Å². The van der Waals surface area contributed by atoms with Gasteiger partial charge in [0.15, 0.2) is 5.65 Å². The van der Waals surface area contributed by atoms with Crippen LogP contribution in [0, 0.1) is 13.8 Å². The summed E-state index contributed by atoms with van der Waals surface area (Å²) in [6, 6.07) is 8.05. The third-order valence-electron chi connectivity index (χ3n) is 3.38. The molecule has 0 saturated heterocycles. The summed E-state index contributed by atoms with van der Waals surface area (Å²) in [5, 5.41) is 2.75. The molecule has 6 nitrogen and oxygen atoms in total. The first-order valence-electron chi connectivity index (χ1n) is 6.45. The first-order valence-corrected chi connectivity index (χ1v) is 8.38. The van der Waals surface area contributed by atoms with Crippen molar-refractivity contribution in [2.75, 3.05) is 0 Å². The molecule has 3 rings (SSSR count). The predicted octanol–water partition coefficient (Wildman–Crippen LogP) is 1.76. The molecule has 0 spiro atoms. The Balaban J connectivity index is 2.43. The maximum Gasteiger partial charge on any atom is 0.286 e. The number of hydrogen-bond acceptors (Lipinski definition) is 5. The van der Waals surface area contributed by atoms with E-state index in [1.54, 1.807) is 32.0 Å². The average molecular weight is 335 g/mol. The van der Waals surface area contributed by atoms with E-state index in [4.69, 9.17) is 0 Å². The van der Waals surface area contributed by atoms with Gasteiger partial charge in [-0.05, 0) is 26.0 Å². The number of fused-ring (bicyclic) bond motifs is 1. The van der Waals surface area contributed by atoms with Gasteiger partial charge in [-0.15, -0.1) is 12.6 Å². The summed E-state index contributed by atoms with van der Waals surface area (Å²) in [6.45, 7) is 3.21. The number of thiol groups is 1. The molecule has 8 heteroatoms. The lowest BCUT2D eigenvalue weighted by Crippen LogP contribution is -2.18. The van der Waals surface area contributed by atoms with Crippen LogP contribution in [-0.4, -0.2) is 23.0 Å².